The quantitative estimate of drug-likeness (QED) is 0.772. The summed E-state index contributed by atoms with van der Waals surface area (Å²) < 4.78 is 6.48. The van der Waals surface area contributed by atoms with E-state index in [1.54, 1.807) is 6.20 Å². The Morgan fingerprint density at radius 2 is 2.36 bits per heavy atom. The molecule has 2 rings (SSSR count). The van der Waals surface area contributed by atoms with Gasteiger partial charge in [-0.25, -0.2) is 4.98 Å². The molecule has 1 aromatic heterocycles. The van der Waals surface area contributed by atoms with Crippen LogP contribution in [-0.2, 0) is 0 Å². The van der Waals surface area contributed by atoms with Gasteiger partial charge >= 0.3 is 0 Å². The summed E-state index contributed by atoms with van der Waals surface area (Å²) in [5.74, 6) is 0.744. The molecular weight excluding hydrogens is 244 g/mol. The third kappa shape index (κ3) is 1.71. The number of rotatable bonds is 1. The van der Waals surface area contributed by atoms with E-state index >= 15 is 0 Å². The Bertz CT molecular complexity index is 341. The van der Waals surface area contributed by atoms with E-state index in [0.717, 1.165) is 29.2 Å². The standard InChI is InChI=1S/C10H13BrN2O/c1-7(2)13-3-4-14-10-9(13)5-8(11)6-12-10/h5-7H,3-4H2,1-2H3. The number of pyridine rings is 1. The van der Waals surface area contributed by atoms with Crippen LogP contribution >= 0.6 is 15.9 Å². The first-order valence-corrected chi connectivity index (χ1v) is 5.53. The van der Waals surface area contributed by atoms with Crippen LogP contribution in [0.5, 0.6) is 5.88 Å². The Morgan fingerprint density at radius 1 is 1.57 bits per heavy atom. The normalized spacial score (nSPS) is 15.3. The van der Waals surface area contributed by atoms with E-state index < -0.39 is 0 Å². The monoisotopic (exact) mass is 256 g/mol. The van der Waals surface area contributed by atoms with Gasteiger partial charge in [0.2, 0.25) is 5.88 Å². The first kappa shape index (κ1) is 9.77. The molecule has 1 aromatic rings. The second-order valence-electron chi connectivity index (χ2n) is 3.61. The molecule has 0 fully saturated rings. The van der Waals surface area contributed by atoms with Crippen molar-refractivity contribution in [1.82, 2.24) is 4.98 Å². The highest BCUT2D eigenvalue weighted by atomic mass is 79.9. The molecule has 0 saturated carbocycles. The van der Waals surface area contributed by atoms with Crippen LogP contribution in [0.15, 0.2) is 16.7 Å². The van der Waals surface area contributed by atoms with Crippen molar-refractivity contribution in [2.24, 2.45) is 0 Å². The molecule has 3 nitrogen and oxygen atoms in total. The minimum atomic E-state index is 0.480. The largest absolute Gasteiger partial charge is 0.474 e. The van der Waals surface area contributed by atoms with Gasteiger partial charge in [-0.1, -0.05) is 0 Å². The topological polar surface area (TPSA) is 25.4 Å². The highest BCUT2D eigenvalue weighted by molar-refractivity contribution is 9.10. The van der Waals surface area contributed by atoms with Crippen molar-refractivity contribution in [3.8, 4) is 5.88 Å². The van der Waals surface area contributed by atoms with Crippen molar-refractivity contribution in [2.45, 2.75) is 19.9 Å². The molecule has 0 aromatic carbocycles. The summed E-state index contributed by atoms with van der Waals surface area (Å²) in [5, 5.41) is 0. The lowest BCUT2D eigenvalue weighted by Gasteiger charge is -2.33. The number of halogens is 1. The van der Waals surface area contributed by atoms with Crippen molar-refractivity contribution >= 4 is 21.6 Å². The molecule has 76 valence electrons. The molecule has 2 heterocycles. The summed E-state index contributed by atoms with van der Waals surface area (Å²) in [5.41, 5.74) is 1.08. The van der Waals surface area contributed by atoms with Crippen molar-refractivity contribution in [3.05, 3.63) is 16.7 Å². The molecule has 0 spiro atoms. The van der Waals surface area contributed by atoms with Crippen LogP contribution in [0.4, 0.5) is 5.69 Å². The fourth-order valence-electron chi connectivity index (χ4n) is 1.63. The molecule has 0 N–H and O–H groups in total. The Balaban J connectivity index is 2.41. The van der Waals surface area contributed by atoms with Gasteiger partial charge in [0, 0.05) is 16.7 Å². The molecular formula is C10H13BrN2O. The van der Waals surface area contributed by atoms with E-state index in [1.165, 1.54) is 0 Å². The number of hydrogen-bond acceptors (Lipinski definition) is 3. The predicted molar refractivity (Wildman–Crippen MR) is 59.9 cm³/mol. The van der Waals surface area contributed by atoms with Crippen LogP contribution < -0.4 is 9.64 Å². The van der Waals surface area contributed by atoms with Gasteiger partial charge in [0.15, 0.2) is 0 Å². The minimum absolute atomic E-state index is 0.480. The number of hydrogen-bond donors (Lipinski definition) is 0. The van der Waals surface area contributed by atoms with Crippen LogP contribution in [-0.4, -0.2) is 24.2 Å². The van der Waals surface area contributed by atoms with Crippen LogP contribution in [0.2, 0.25) is 0 Å². The number of aromatic nitrogens is 1. The van der Waals surface area contributed by atoms with E-state index in [4.69, 9.17) is 4.74 Å². The fraction of sp³-hybridized carbons (Fsp3) is 0.500. The van der Waals surface area contributed by atoms with Crippen LogP contribution in [0.25, 0.3) is 0 Å². The highest BCUT2D eigenvalue weighted by Gasteiger charge is 2.21. The van der Waals surface area contributed by atoms with E-state index in [-0.39, 0.29) is 0 Å². The van der Waals surface area contributed by atoms with Crippen LogP contribution in [0, 0.1) is 0 Å². The minimum Gasteiger partial charge on any atom is -0.474 e. The molecule has 0 atom stereocenters. The van der Waals surface area contributed by atoms with Gasteiger partial charge in [-0.15, -0.1) is 0 Å². The lowest BCUT2D eigenvalue weighted by atomic mass is 10.2. The molecule has 0 unspecified atom stereocenters. The van der Waals surface area contributed by atoms with Crippen LogP contribution in [0.1, 0.15) is 13.8 Å². The summed E-state index contributed by atoms with van der Waals surface area (Å²) in [6, 6.07) is 2.54. The van der Waals surface area contributed by atoms with Gasteiger partial charge in [-0.2, -0.15) is 0 Å². The van der Waals surface area contributed by atoms with E-state index in [9.17, 15) is 0 Å². The number of nitrogens with zero attached hydrogens (tertiary/aromatic N) is 2. The summed E-state index contributed by atoms with van der Waals surface area (Å²) >= 11 is 3.42. The van der Waals surface area contributed by atoms with Crippen LogP contribution in [0.3, 0.4) is 0 Å². The molecule has 4 heteroatoms. The molecule has 0 bridgehead atoms. The molecule has 0 saturated heterocycles. The third-order valence-electron chi connectivity index (χ3n) is 2.30. The second-order valence-corrected chi connectivity index (χ2v) is 4.53. The first-order valence-electron chi connectivity index (χ1n) is 4.73. The maximum absolute atomic E-state index is 5.49. The molecule has 1 aliphatic heterocycles. The smallest absolute Gasteiger partial charge is 0.237 e. The Hall–Kier alpha value is -0.770. The lowest BCUT2D eigenvalue weighted by Crippen LogP contribution is -2.38. The summed E-state index contributed by atoms with van der Waals surface area (Å²) in [6.07, 6.45) is 1.77. The summed E-state index contributed by atoms with van der Waals surface area (Å²) in [4.78, 5) is 6.54. The van der Waals surface area contributed by atoms with Gasteiger partial charge in [0.25, 0.3) is 0 Å². The Morgan fingerprint density at radius 3 is 3.07 bits per heavy atom. The number of anilines is 1. The van der Waals surface area contributed by atoms with Gasteiger partial charge in [-0.3, -0.25) is 0 Å². The van der Waals surface area contributed by atoms with E-state index in [1.807, 2.05) is 0 Å². The maximum Gasteiger partial charge on any atom is 0.237 e. The zero-order valence-corrected chi connectivity index (χ0v) is 9.91. The Kier molecular flexibility index (Phi) is 2.63. The zero-order valence-electron chi connectivity index (χ0n) is 8.33. The molecule has 1 aliphatic rings. The SMILES string of the molecule is CC(C)N1CCOc2ncc(Br)cc21. The fourth-order valence-corrected chi connectivity index (χ4v) is 1.95. The zero-order chi connectivity index (χ0) is 10.1. The lowest BCUT2D eigenvalue weighted by molar-refractivity contribution is 0.291. The average Bonchev–Trinajstić information content (AvgIpc) is 2.16. The number of fused-ring (bicyclic) bond motifs is 1. The second kappa shape index (κ2) is 3.77. The van der Waals surface area contributed by atoms with Gasteiger partial charge in [0.05, 0.1) is 6.54 Å². The van der Waals surface area contributed by atoms with Crippen molar-refractivity contribution in [2.75, 3.05) is 18.1 Å². The summed E-state index contributed by atoms with van der Waals surface area (Å²) in [6.45, 7) is 6.01. The first-order chi connectivity index (χ1) is 6.68. The molecule has 14 heavy (non-hydrogen) atoms. The Labute approximate surface area is 92.2 Å². The predicted octanol–water partition coefficient (Wildman–Crippen LogP) is 2.45. The van der Waals surface area contributed by atoms with Gasteiger partial charge < -0.3 is 9.64 Å². The number of ether oxygens (including phenoxy) is 1. The molecule has 0 amide bonds. The molecule has 0 radical (unpaired) electrons. The summed E-state index contributed by atoms with van der Waals surface area (Å²) in [7, 11) is 0. The van der Waals surface area contributed by atoms with E-state index in [0.29, 0.717) is 6.04 Å². The maximum atomic E-state index is 5.49. The third-order valence-corrected chi connectivity index (χ3v) is 2.74. The van der Waals surface area contributed by atoms with Gasteiger partial charge in [0.1, 0.15) is 12.3 Å². The van der Waals surface area contributed by atoms with E-state index in [2.05, 4.69) is 45.7 Å². The molecule has 0 aliphatic carbocycles. The van der Waals surface area contributed by atoms with Crippen molar-refractivity contribution in [3.63, 3.8) is 0 Å². The van der Waals surface area contributed by atoms with Crippen molar-refractivity contribution in [1.29, 1.82) is 0 Å². The average molecular weight is 257 g/mol. The highest BCUT2D eigenvalue weighted by Crippen LogP contribution is 2.32. The van der Waals surface area contributed by atoms with Crippen molar-refractivity contribution < 1.29 is 4.74 Å². The van der Waals surface area contributed by atoms with Gasteiger partial charge in [-0.05, 0) is 35.8 Å².